The molecular formula is C20H22N2O5. The number of carbonyl (C=O) groups excluding carboxylic acids is 3. The van der Waals surface area contributed by atoms with E-state index in [9.17, 15) is 14.4 Å². The number of carbonyl (C=O) groups is 3. The SMILES string of the molecule is CC(C)(C)OC(=O)NNC(=O)COc1ccc(C(=O)c2ccccc2)cc1. The first-order valence-corrected chi connectivity index (χ1v) is 8.35. The number of hydrazine groups is 1. The van der Waals surface area contributed by atoms with Gasteiger partial charge in [0, 0.05) is 11.1 Å². The molecule has 7 heteroatoms. The molecule has 0 heterocycles. The molecule has 0 fully saturated rings. The van der Waals surface area contributed by atoms with Gasteiger partial charge in [-0.2, -0.15) is 0 Å². The number of ether oxygens (including phenoxy) is 2. The maximum Gasteiger partial charge on any atom is 0.426 e. The fourth-order valence-electron chi connectivity index (χ4n) is 2.07. The lowest BCUT2D eigenvalue weighted by Gasteiger charge is -2.19. The van der Waals surface area contributed by atoms with Crippen LogP contribution in [-0.2, 0) is 9.53 Å². The molecule has 7 nitrogen and oxygen atoms in total. The molecule has 0 radical (unpaired) electrons. The Labute approximate surface area is 157 Å². The van der Waals surface area contributed by atoms with Crippen LogP contribution in [0.1, 0.15) is 36.7 Å². The number of benzene rings is 2. The number of rotatable bonds is 5. The van der Waals surface area contributed by atoms with E-state index >= 15 is 0 Å². The van der Waals surface area contributed by atoms with Crippen molar-refractivity contribution in [3.63, 3.8) is 0 Å². The van der Waals surface area contributed by atoms with E-state index in [1.165, 1.54) is 0 Å². The summed E-state index contributed by atoms with van der Waals surface area (Å²) in [5.41, 5.74) is 4.77. The molecule has 2 amide bonds. The predicted octanol–water partition coefficient (Wildman–Crippen LogP) is 2.85. The third-order valence-electron chi connectivity index (χ3n) is 3.23. The number of nitrogens with one attached hydrogen (secondary N) is 2. The molecule has 142 valence electrons. The molecule has 27 heavy (non-hydrogen) atoms. The summed E-state index contributed by atoms with van der Waals surface area (Å²) >= 11 is 0. The number of hydrogen-bond acceptors (Lipinski definition) is 5. The summed E-state index contributed by atoms with van der Waals surface area (Å²) in [5.74, 6) is -0.223. The van der Waals surface area contributed by atoms with E-state index in [0.717, 1.165) is 0 Å². The molecule has 2 aromatic carbocycles. The second-order valence-electron chi connectivity index (χ2n) is 6.68. The highest BCUT2D eigenvalue weighted by atomic mass is 16.6. The highest BCUT2D eigenvalue weighted by Gasteiger charge is 2.16. The Balaban J connectivity index is 1.80. The van der Waals surface area contributed by atoms with Crippen LogP contribution < -0.4 is 15.6 Å². The fraction of sp³-hybridized carbons (Fsp3) is 0.250. The van der Waals surface area contributed by atoms with Crippen LogP contribution in [0.4, 0.5) is 4.79 Å². The molecular weight excluding hydrogens is 348 g/mol. The fourth-order valence-corrected chi connectivity index (χ4v) is 2.07. The van der Waals surface area contributed by atoms with Crippen LogP contribution >= 0.6 is 0 Å². The zero-order valence-corrected chi connectivity index (χ0v) is 15.4. The van der Waals surface area contributed by atoms with Gasteiger partial charge in [0.1, 0.15) is 11.4 Å². The predicted molar refractivity (Wildman–Crippen MR) is 99.3 cm³/mol. The molecule has 0 saturated carbocycles. The van der Waals surface area contributed by atoms with Gasteiger partial charge in [0.05, 0.1) is 0 Å². The molecule has 0 unspecified atom stereocenters. The van der Waals surface area contributed by atoms with Gasteiger partial charge in [-0.25, -0.2) is 10.2 Å². The number of amides is 2. The van der Waals surface area contributed by atoms with Crippen molar-refractivity contribution in [2.24, 2.45) is 0 Å². The average Bonchev–Trinajstić information content (AvgIpc) is 2.64. The maximum atomic E-state index is 12.3. The smallest absolute Gasteiger partial charge is 0.426 e. The second-order valence-corrected chi connectivity index (χ2v) is 6.68. The van der Waals surface area contributed by atoms with Gasteiger partial charge in [0.15, 0.2) is 12.4 Å². The molecule has 0 atom stereocenters. The van der Waals surface area contributed by atoms with E-state index < -0.39 is 17.6 Å². The second kappa shape index (κ2) is 8.84. The minimum atomic E-state index is -0.764. The van der Waals surface area contributed by atoms with Crippen molar-refractivity contribution in [2.75, 3.05) is 6.61 Å². The zero-order chi connectivity index (χ0) is 19.9. The molecule has 0 aliphatic rings. The summed E-state index contributed by atoms with van der Waals surface area (Å²) in [4.78, 5) is 35.4. The molecule has 0 bridgehead atoms. The maximum absolute atomic E-state index is 12.3. The summed E-state index contributed by atoms with van der Waals surface area (Å²) < 4.78 is 10.3. The van der Waals surface area contributed by atoms with Crippen LogP contribution in [0.2, 0.25) is 0 Å². The Bertz CT molecular complexity index is 795. The van der Waals surface area contributed by atoms with Crippen LogP contribution in [0.25, 0.3) is 0 Å². The van der Waals surface area contributed by atoms with Gasteiger partial charge in [-0.05, 0) is 45.0 Å². The third-order valence-corrected chi connectivity index (χ3v) is 3.23. The molecule has 0 aliphatic carbocycles. The Morgan fingerprint density at radius 1 is 0.852 bits per heavy atom. The van der Waals surface area contributed by atoms with Crippen molar-refractivity contribution in [3.8, 4) is 5.75 Å². The minimum absolute atomic E-state index is 0.0959. The van der Waals surface area contributed by atoms with Gasteiger partial charge in [-0.1, -0.05) is 30.3 Å². The Morgan fingerprint density at radius 3 is 2.04 bits per heavy atom. The van der Waals surface area contributed by atoms with Gasteiger partial charge >= 0.3 is 6.09 Å². The highest BCUT2D eigenvalue weighted by molar-refractivity contribution is 6.08. The summed E-state index contributed by atoms with van der Waals surface area (Å²) in [6.45, 7) is 4.83. The molecule has 0 aromatic heterocycles. The van der Waals surface area contributed by atoms with Gasteiger partial charge in [-0.3, -0.25) is 15.0 Å². The van der Waals surface area contributed by atoms with Crippen molar-refractivity contribution in [3.05, 3.63) is 65.7 Å². The topological polar surface area (TPSA) is 93.7 Å². The van der Waals surface area contributed by atoms with E-state index in [1.54, 1.807) is 69.3 Å². The minimum Gasteiger partial charge on any atom is -0.484 e. The van der Waals surface area contributed by atoms with E-state index in [0.29, 0.717) is 16.9 Å². The molecule has 0 aliphatic heterocycles. The Morgan fingerprint density at radius 2 is 1.44 bits per heavy atom. The monoisotopic (exact) mass is 370 g/mol. The third kappa shape index (κ3) is 6.81. The molecule has 2 N–H and O–H groups in total. The normalized spacial score (nSPS) is 10.6. The lowest BCUT2D eigenvalue weighted by Crippen LogP contribution is -2.45. The Kier molecular flexibility index (Phi) is 6.54. The van der Waals surface area contributed by atoms with Gasteiger partial charge in [0.2, 0.25) is 0 Å². The van der Waals surface area contributed by atoms with Crippen molar-refractivity contribution in [1.29, 1.82) is 0 Å². The van der Waals surface area contributed by atoms with E-state index in [4.69, 9.17) is 9.47 Å². The summed E-state index contributed by atoms with van der Waals surface area (Å²) in [6, 6.07) is 15.4. The molecule has 2 aromatic rings. The average molecular weight is 370 g/mol. The first kappa shape index (κ1) is 20.0. The summed E-state index contributed by atoms with van der Waals surface area (Å²) in [6.07, 6.45) is -0.764. The first-order chi connectivity index (χ1) is 12.7. The number of ketones is 1. The number of hydrogen-bond donors (Lipinski definition) is 2. The van der Waals surface area contributed by atoms with Gasteiger partial charge < -0.3 is 9.47 Å². The van der Waals surface area contributed by atoms with E-state index in [2.05, 4.69) is 10.9 Å². The molecule has 0 spiro atoms. The van der Waals surface area contributed by atoms with Crippen LogP contribution in [0.3, 0.4) is 0 Å². The van der Waals surface area contributed by atoms with Crippen LogP contribution in [-0.4, -0.2) is 30.0 Å². The quantitative estimate of drug-likeness (QED) is 0.623. The van der Waals surface area contributed by atoms with Gasteiger partial charge in [0.25, 0.3) is 5.91 Å². The van der Waals surface area contributed by atoms with Crippen molar-refractivity contribution >= 4 is 17.8 Å². The van der Waals surface area contributed by atoms with Crippen LogP contribution in [0.5, 0.6) is 5.75 Å². The van der Waals surface area contributed by atoms with E-state index in [-0.39, 0.29) is 12.4 Å². The first-order valence-electron chi connectivity index (χ1n) is 8.35. The van der Waals surface area contributed by atoms with Crippen molar-refractivity contribution in [2.45, 2.75) is 26.4 Å². The summed E-state index contributed by atoms with van der Waals surface area (Å²) in [7, 11) is 0. The lowest BCUT2D eigenvalue weighted by molar-refractivity contribution is -0.124. The lowest BCUT2D eigenvalue weighted by atomic mass is 10.0. The van der Waals surface area contributed by atoms with Crippen molar-refractivity contribution in [1.82, 2.24) is 10.9 Å². The summed E-state index contributed by atoms with van der Waals surface area (Å²) in [5, 5.41) is 0. The van der Waals surface area contributed by atoms with Crippen LogP contribution in [0, 0.1) is 0 Å². The zero-order valence-electron chi connectivity index (χ0n) is 15.4. The molecule has 0 saturated heterocycles. The molecule has 2 rings (SSSR count). The van der Waals surface area contributed by atoms with Gasteiger partial charge in [-0.15, -0.1) is 0 Å². The van der Waals surface area contributed by atoms with E-state index in [1.807, 2.05) is 6.07 Å². The highest BCUT2D eigenvalue weighted by Crippen LogP contribution is 2.15. The van der Waals surface area contributed by atoms with Crippen LogP contribution in [0.15, 0.2) is 54.6 Å². The Hall–Kier alpha value is -3.35. The standard InChI is InChI=1S/C20H22N2O5/c1-20(2,3)27-19(25)22-21-17(23)13-26-16-11-9-15(10-12-16)18(24)14-7-5-4-6-8-14/h4-12H,13H2,1-3H3,(H,21,23)(H,22,25). The van der Waals surface area contributed by atoms with Crippen molar-refractivity contribution < 1.29 is 23.9 Å². The largest absolute Gasteiger partial charge is 0.484 e.